The van der Waals surface area contributed by atoms with E-state index in [1.165, 1.54) is 4.90 Å². The van der Waals surface area contributed by atoms with E-state index in [-0.39, 0.29) is 5.69 Å². The van der Waals surface area contributed by atoms with Crippen molar-refractivity contribution in [1.29, 1.82) is 0 Å². The van der Waals surface area contributed by atoms with Gasteiger partial charge in [0.05, 0.1) is 11.3 Å². The highest BCUT2D eigenvalue weighted by Gasteiger charge is 2.31. The van der Waals surface area contributed by atoms with Crippen molar-refractivity contribution in [3.8, 4) is 0 Å². The average molecular weight is 298 g/mol. The summed E-state index contributed by atoms with van der Waals surface area (Å²) in [5, 5.41) is 0. The number of alkyl halides is 3. The molecule has 2 nitrogen and oxygen atoms in total. The van der Waals surface area contributed by atoms with Crippen LogP contribution in [0.4, 0.5) is 28.9 Å². The van der Waals surface area contributed by atoms with Crippen molar-refractivity contribution in [3.05, 3.63) is 59.4 Å². The summed E-state index contributed by atoms with van der Waals surface area (Å²) in [6.07, 6.45) is -4.55. The smallest absolute Gasteiger partial charge is 0.342 e. The fourth-order valence-electron chi connectivity index (χ4n) is 1.95. The van der Waals surface area contributed by atoms with Gasteiger partial charge in [0.2, 0.25) is 0 Å². The number of halogens is 4. The Kier molecular flexibility index (Phi) is 4.18. The Morgan fingerprint density at radius 1 is 1.05 bits per heavy atom. The standard InChI is InChI=1S/C15H14F4N2/c1-21(12-5-2-10(9-20)3-6-12)14-7-4-11(8-13(14)16)15(17,18)19/h2-8H,9,20H2,1H3. The summed E-state index contributed by atoms with van der Waals surface area (Å²) in [5.74, 6) is -0.921. The van der Waals surface area contributed by atoms with Gasteiger partial charge in [-0.3, -0.25) is 0 Å². The third-order valence-electron chi connectivity index (χ3n) is 3.20. The van der Waals surface area contributed by atoms with Crippen LogP contribution in [0, 0.1) is 5.82 Å². The van der Waals surface area contributed by atoms with E-state index in [1.54, 1.807) is 31.3 Å². The second kappa shape index (κ2) is 5.73. The molecule has 0 aliphatic carbocycles. The Bertz CT molecular complexity index is 621. The van der Waals surface area contributed by atoms with E-state index in [2.05, 4.69) is 0 Å². The second-order valence-corrected chi connectivity index (χ2v) is 4.59. The first-order chi connectivity index (χ1) is 9.82. The van der Waals surface area contributed by atoms with Crippen molar-refractivity contribution in [3.63, 3.8) is 0 Å². The van der Waals surface area contributed by atoms with Crippen molar-refractivity contribution in [1.82, 2.24) is 0 Å². The molecule has 2 rings (SSSR count). The maximum Gasteiger partial charge on any atom is 0.416 e. The van der Waals surface area contributed by atoms with Gasteiger partial charge in [0.15, 0.2) is 0 Å². The predicted octanol–water partition coefficient (Wildman–Crippen LogP) is 4.07. The monoisotopic (exact) mass is 298 g/mol. The maximum atomic E-state index is 13.9. The molecule has 0 saturated heterocycles. The van der Waals surface area contributed by atoms with Crippen LogP contribution in [0.5, 0.6) is 0 Å². The number of rotatable bonds is 3. The minimum absolute atomic E-state index is 0.0727. The fraction of sp³-hybridized carbons (Fsp3) is 0.200. The van der Waals surface area contributed by atoms with Crippen molar-refractivity contribution in [2.75, 3.05) is 11.9 Å². The van der Waals surface area contributed by atoms with Gasteiger partial charge in [-0.15, -0.1) is 0 Å². The number of hydrogen-bond acceptors (Lipinski definition) is 2. The van der Waals surface area contributed by atoms with Crippen LogP contribution in [0.15, 0.2) is 42.5 Å². The number of anilines is 2. The average Bonchev–Trinajstić information content (AvgIpc) is 2.45. The van der Waals surface area contributed by atoms with Crippen molar-refractivity contribution < 1.29 is 17.6 Å². The van der Waals surface area contributed by atoms with Gasteiger partial charge in [-0.05, 0) is 35.9 Å². The van der Waals surface area contributed by atoms with E-state index in [0.29, 0.717) is 18.3 Å². The predicted molar refractivity (Wildman–Crippen MR) is 73.8 cm³/mol. The number of nitrogens with two attached hydrogens (primary N) is 1. The first kappa shape index (κ1) is 15.3. The Labute approximate surface area is 119 Å². The quantitative estimate of drug-likeness (QED) is 0.865. The third kappa shape index (κ3) is 3.33. The molecule has 0 aromatic heterocycles. The minimum Gasteiger partial charge on any atom is -0.342 e. The highest BCUT2D eigenvalue weighted by atomic mass is 19.4. The summed E-state index contributed by atoms with van der Waals surface area (Å²) < 4.78 is 51.4. The van der Waals surface area contributed by atoms with Crippen LogP contribution in [-0.4, -0.2) is 7.05 Å². The van der Waals surface area contributed by atoms with Gasteiger partial charge in [-0.2, -0.15) is 13.2 Å². The van der Waals surface area contributed by atoms with Crippen LogP contribution < -0.4 is 10.6 Å². The van der Waals surface area contributed by atoms with Gasteiger partial charge < -0.3 is 10.6 Å². The molecular formula is C15H14F4N2. The lowest BCUT2D eigenvalue weighted by Crippen LogP contribution is -2.13. The van der Waals surface area contributed by atoms with Crippen LogP contribution in [0.1, 0.15) is 11.1 Å². The Balaban J connectivity index is 2.32. The Morgan fingerprint density at radius 3 is 2.14 bits per heavy atom. The van der Waals surface area contributed by atoms with Gasteiger partial charge in [0.25, 0.3) is 0 Å². The second-order valence-electron chi connectivity index (χ2n) is 4.59. The van der Waals surface area contributed by atoms with Crippen molar-refractivity contribution in [2.24, 2.45) is 5.73 Å². The van der Waals surface area contributed by atoms with E-state index in [1.807, 2.05) is 0 Å². The molecule has 2 aromatic rings. The number of hydrogen-bond donors (Lipinski definition) is 1. The molecule has 2 aromatic carbocycles. The van der Waals surface area contributed by atoms with Crippen LogP contribution >= 0.6 is 0 Å². The summed E-state index contributed by atoms with van der Waals surface area (Å²) in [4.78, 5) is 1.48. The maximum absolute atomic E-state index is 13.9. The largest absolute Gasteiger partial charge is 0.416 e. The number of nitrogens with zero attached hydrogens (tertiary/aromatic N) is 1. The molecule has 0 heterocycles. The molecule has 0 unspecified atom stereocenters. The lowest BCUT2D eigenvalue weighted by atomic mass is 10.1. The summed E-state index contributed by atoms with van der Waals surface area (Å²) in [7, 11) is 1.59. The summed E-state index contributed by atoms with van der Waals surface area (Å²) >= 11 is 0. The van der Waals surface area contributed by atoms with E-state index in [0.717, 1.165) is 17.7 Å². The van der Waals surface area contributed by atoms with Crippen molar-refractivity contribution in [2.45, 2.75) is 12.7 Å². The van der Waals surface area contributed by atoms with E-state index in [4.69, 9.17) is 5.73 Å². The Morgan fingerprint density at radius 2 is 1.67 bits per heavy atom. The van der Waals surface area contributed by atoms with Gasteiger partial charge in [-0.1, -0.05) is 12.1 Å². The van der Waals surface area contributed by atoms with E-state index >= 15 is 0 Å². The zero-order chi connectivity index (χ0) is 15.6. The molecule has 0 atom stereocenters. The summed E-state index contributed by atoms with van der Waals surface area (Å²) in [5.41, 5.74) is 6.13. The molecule has 0 aliphatic heterocycles. The number of benzene rings is 2. The van der Waals surface area contributed by atoms with Crippen LogP contribution in [0.3, 0.4) is 0 Å². The lowest BCUT2D eigenvalue weighted by molar-refractivity contribution is -0.137. The van der Waals surface area contributed by atoms with Crippen LogP contribution in [0.25, 0.3) is 0 Å². The normalized spacial score (nSPS) is 11.5. The zero-order valence-corrected chi connectivity index (χ0v) is 11.3. The van der Waals surface area contributed by atoms with E-state index in [9.17, 15) is 17.6 Å². The lowest BCUT2D eigenvalue weighted by Gasteiger charge is -2.21. The van der Waals surface area contributed by atoms with Gasteiger partial charge in [0, 0.05) is 19.3 Å². The molecule has 21 heavy (non-hydrogen) atoms. The van der Waals surface area contributed by atoms with Gasteiger partial charge in [-0.25, -0.2) is 4.39 Å². The van der Waals surface area contributed by atoms with Crippen LogP contribution in [-0.2, 0) is 12.7 Å². The fourth-order valence-corrected chi connectivity index (χ4v) is 1.95. The third-order valence-corrected chi connectivity index (χ3v) is 3.20. The molecule has 0 amide bonds. The van der Waals surface area contributed by atoms with Gasteiger partial charge in [0.1, 0.15) is 5.82 Å². The molecule has 6 heteroatoms. The molecule has 2 N–H and O–H groups in total. The first-order valence-corrected chi connectivity index (χ1v) is 6.22. The molecule has 0 bridgehead atoms. The zero-order valence-electron chi connectivity index (χ0n) is 11.3. The molecule has 0 saturated carbocycles. The molecular weight excluding hydrogens is 284 g/mol. The molecule has 0 radical (unpaired) electrons. The van der Waals surface area contributed by atoms with Gasteiger partial charge >= 0.3 is 6.18 Å². The Hall–Kier alpha value is -2.08. The topological polar surface area (TPSA) is 29.3 Å². The summed E-state index contributed by atoms with van der Waals surface area (Å²) in [6, 6.07) is 9.53. The molecule has 112 valence electrons. The molecule has 0 fully saturated rings. The summed E-state index contributed by atoms with van der Waals surface area (Å²) in [6.45, 7) is 0.388. The molecule has 0 spiro atoms. The molecule has 0 aliphatic rings. The van der Waals surface area contributed by atoms with Crippen molar-refractivity contribution >= 4 is 11.4 Å². The highest BCUT2D eigenvalue weighted by molar-refractivity contribution is 5.63. The van der Waals surface area contributed by atoms with Crippen LogP contribution in [0.2, 0.25) is 0 Å². The first-order valence-electron chi connectivity index (χ1n) is 6.22. The highest BCUT2D eigenvalue weighted by Crippen LogP contribution is 2.33. The SMILES string of the molecule is CN(c1ccc(CN)cc1)c1ccc(C(F)(F)F)cc1F. The van der Waals surface area contributed by atoms with E-state index < -0.39 is 17.6 Å². The minimum atomic E-state index is -4.55.